The maximum atomic E-state index is 11.1. The zero-order valence-electron chi connectivity index (χ0n) is 15.2. The van der Waals surface area contributed by atoms with Crippen molar-refractivity contribution in [3.8, 4) is 0 Å². The molecule has 3 rings (SSSR count). The molecule has 0 radical (unpaired) electrons. The van der Waals surface area contributed by atoms with E-state index in [1.165, 1.54) is 5.56 Å². The smallest absolute Gasteiger partial charge is 0.306 e. The van der Waals surface area contributed by atoms with Crippen LogP contribution in [-0.2, 0) is 11.2 Å². The van der Waals surface area contributed by atoms with Gasteiger partial charge in [-0.3, -0.25) is 4.79 Å². The lowest BCUT2D eigenvalue weighted by molar-refractivity contribution is -0.142. The average Bonchev–Trinajstić information content (AvgIpc) is 2.66. The molecule has 26 heavy (non-hydrogen) atoms. The number of benzene rings is 1. The minimum atomic E-state index is -0.690. The van der Waals surface area contributed by atoms with Crippen LogP contribution in [0.5, 0.6) is 0 Å². The molecule has 1 aromatic heterocycles. The summed E-state index contributed by atoms with van der Waals surface area (Å²) in [6.45, 7) is 4.23. The van der Waals surface area contributed by atoms with Gasteiger partial charge in [-0.25, -0.2) is 4.98 Å². The van der Waals surface area contributed by atoms with E-state index in [0.29, 0.717) is 18.8 Å². The molecule has 0 atom stereocenters. The normalized spacial score (nSPS) is 15.0. The van der Waals surface area contributed by atoms with Crippen molar-refractivity contribution >= 4 is 17.7 Å². The van der Waals surface area contributed by atoms with Crippen molar-refractivity contribution in [3.05, 3.63) is 47.7 Å². The molecule has 2 aromatic rings. The summed E-state index contributed by atoms with van der Waals surface area (Å²) in [6, 6.07) is 12.4. The fourth-order valence-corrected chi connectivity index (χ4v) is 3.29. The van der Waals surface area contributed by atoms with Crippen molar-refractivity contribution in [3.63, 3.8) is 0 Å². The summed E-state index contributed by atoms with van der Waals surface area (Å²) in [7, 11) is 0. The Hall–Kier alpha value is -2.63. The SMILES string of the molecule is Cc1cc(N2CCC(C(=O)O)CC2)nc(NCCCc2ccccc2)n1. The van der Waals surface area contributed by atoms with E-state index in [1.807, 2.05) is 19.1 Å². The lowest BCUT2D eigenvalue weighted by atomic mass is 9.97. The first kappa shape index (κ1) is 18.2. The van der Waals surface area contributed by atoms with Crippen LogP contribution >= 0.6 is 0 Å². The van der Waals surface area contributed by atoms with Gasteiger partial charge in [-0.1, -0.05) is 30.3 Å². The number of rotatable bonds is 7. The largest absolute Gasteiger partial charge is 0.481 e. The van der Waals surface area contributed by atoms with Gasteiger partial charge in [-0.15, -0.1) is 0 Å². The molecule has 0 unspecified atom stereocenters. The van der Waals surface area contributed by atoms with Gasteiger partial charge in [0, 0.05) is 31.4 Å². The number of carbonyl (C=O) groups is 1. The maximum absolute atomic E-state index is 11.1. The van der Waals surface area contributed by atoms with Gasteiger partial charge in [-0.2, -0.15) is 4.98 Å². The van der Waals surface area contributed by atoms with E-state index in [2.05, 4.69) is 44.5 Å². The molecule has 6 nitrogen and oxygen atoms in total. The first-order valence-electron chi connectivity index (χ1n) is 9.23. The zero-order valence-corrected chi connectivity index (χ0v) is 15.2. The number of hydrogen-bond donors (Lipinski definition) is 2. The topological polar surface area (TPSA) is 78.4 Å². The molecule has 0 aliphatic carbocycles. The van der Waals surface area contributed by atoms with Gasteiger partial charge in [0.25, 0.3) is 0 Å². The summed E-state index contributed by atoms with van der Waals surface area (Å²) in [5, 5.41) is 12.5. The van der Waals surface area contributed by atoms with Gasteiger partial charge < -0.3 is 15.3 Å². The molecule has 6 heteroatoms. The molecule has 0 saturated carbocycles. The summed E-state index contributed by atoms with van der Waals surface area (Å²) in [5.41, 5.74) is 2.25. The number of aromatic nitrogens is 2. The molecule has 1 aliphatic rings. The number of nitrogens with zero attached hydrogens (tertiary/aromatic N) is 3. The number of hydrogen-bond acceptors (Lipinski definition) is 5. The standard InChI is InChI=1S/C20H26N4O2/c1-15-14-18(24-12-9-17(10-13-24)19(25)26)23-20(22-15)21-11-5-8-16-6-3-2-4-7-16/h2-4,6-7,14,17H,5,8-13H2,1H3,(H,25,26)(H,21,22,23). The molecule has 0 bridgehead atoms. The summed E-state index contributed by atoms with van der Waals surface area (Å²) >= 11 is 0. The van der Waals surface area contributed by atoms with Crippen molar-refractivity contribution in [2.24, 2.45) is 5.92 Å². The molecule has 2 heterocycles. The molecule has 1 aromatic carbocycles. The monoisotopic (exact) mass is 354 g/mol. The van der Waals surface area contributed by atoms with E-state index in [0.717, 1.165) is 44.0 Å². The predicted molar refractivity (Wildman–Crippen MR) is 103 cm³/mol. The van der Waals surface area contributed by atoms with Gasteiger partial charge in [0.1, 0.15) is 5.82 Å². The molecule has 0 amide bonds. The Morgan fingerprint density at radius 3 is 2.65 bits per heavy atom. The minimum absolute atomic E-state index is 0.232. The number of carboxylic acid groups (broad SMARTS) is 1. The van der Waals surface area contributed by atoms with Gasteiger partial charge in [0.15, 0.2) is 0 Å². The number of piperidine rings is 1. The Kier molecular flexibility index (Phi) is 6.04. The first-order chi connectivity index (χ1) is 12.6. The Morgan fingerprint density at radius 1 is 1.23 bits per heavy atom. The fourth-order valence-electron chi connectivity index (χ4n) is 3.29. The maximum Gasteiger partial charge on any atom is 0.306 e. The van der Waals surface area contributed by atoms with Gasteiger partial charge in [-0.05, 0) is 38.2 Å². The van der Waals surface area contributed by atoms with Gasteiger partial charge >= 0.3 is 5.97 Å². The van der Waals surface area contributed by atoms with Crippen LogP contribution in [0.25, 0.3) is 0 Å². The van der Waals surface area contributed by atoms with Crippen LogP contribution in [0.1, 0.15) is 30.5 Å². The summed E-state index contributed by atoms with van der Waals surface area (Å²) < 4.78 is 0. The molecule has 0 spiro atoms. The van der Waals surface area contributed by atoms with Crippen molar-refractivity contribution in [1.29, 1.82) is 0 Å². The molecule has 1 fully saturated rings. The van der Waals surface area contributed by atoms with E-state index in [-0.39, 0.29) is 5.92 Å². The van der Waals surface area contributed by atoms with E-state index in [1.54, 1.807) is 0 Å². The van der Waals surface area contributed by atoms with Crippen LogP contribution in [0.15, 0.2) is 36.4 Å². The van der Waals surface area contributed by atoms with E-state index < -0.39 is 5.97 Å². The molecule has 2 N–H and O–H groups in total. The number of anilines is 2. The zero-order chi connectivity index (χ0) is 18.4. The second-order valence-electron chi connectivity index (χ2n) is 6.81. The molecule has 1 saturated heterocycles. The van der Waals surface area contributed by atoms with Crippen molar-refractivity contribution in [2.75, 3.05) is 29.9 Å². The number of aryl methyl sites for hydroxylation is 2. The van der Waals surface area contributed by atoms with Crippen LogP contribution in [-0.4, -0.2) is 40.7 Å². The number of nitrogens with one attached hydrogen (secondary N) is 1. The Morgan fingerprint density at radius 2 is 1.96 bits per heavy atom. The van der Waals surface area contributed by atoms with Crippen molar-refractivity contribution in [1.82, 2.24) is 9.97 Å². The highest BCUT2D eigenvalue weighted by atomic mass is 16.4. The van der Waals surface area contributed by atoms with Gasteiger partial charge in [0.05, 0.1) is 5.92 Å². The quantitative estimate of drug-likeness (QED) is 0.744. The number of aliphatic carboxylic acids is 1. The van der Waals surface area contributed by atoms with Crippen LogP contribution in [0.3, 0.4) is 0 Å². The Balaban J connectivity index is 1.53. The van der Waals surface area contributed by atoms with Crippen molar-refractivity contribution < 1.29 is 9.90 Å². The van der Waals surface area contributed by atoms with E-state index >= 15 is 0 Å². The van der Waals surface area contributed by atoms with E-state index in [9.17, 15) is 4.79 Å². The summed E-state index contributed by atoms with van der Waals surface area (Å²) in [4.78, 5) is 22.4. The first-order valence-corrected chi connectivity index (χ1v) is 9.23. The van der Waals surface area contributed by atoms with Crippen LogP contribution in [0.4, 0.5) is 11.8 Å². The third-order valence-corrected chi connectivity index (χ3v) is 4.78. The van der Waals surface area contributed by atoms with Gasteiger partial charge in [0.2, 0.25) is 5.95 Å². The molecule has 1 aliphatic heterocycles. The minimum Gasteiger partial charge on any atom is -0.481 e. The highest BCUT2D eigenvalue weighted by molar-refractivity contribution is 5.70. The Labute approximate surface area is 154 Å². The van der Waals surface area contributed by atoms with Crippen LogP contribution in [0.2, 0.25) is 0 Å². The fraction of sp³-hybridized carbons (Fsp3) is 0.450. The van der Waals surface area contributed by atoms with Crippen LogP contribution < -0.4 is 10.2 Å². The average molecular weight is 354 g/mol. The van der Waals surface area contributed by atoms with Crippen LogP contribution in [0, 0.1) is 12.8 Å². The van der Waals surface area contributed by atoms with E-state index in [4.69, 9.17) is 5.11 Å². The predicted octanol–water partition coefficient (Wildman–Crippen LogP) is 3.13. The number of carboxylic acids is 1. The second kappa shape index (κ2) is 8.65. The lowest BCUT2D eigenvalue weighted by Gasteiger charge is -2.31. The molecule has 138 valence electrons. The lowest BCUT2D eigenvalue weighted by Crippen LogP contribution is -2.37. The molecular weight excluding hydrogens is 328 g/mol. The highest BCUT2D eigenvalue weighted by Crippen LogP contribution is 2.23. The highest BCUT2D eigenvalue weighted by Gasteiger charge is 2.25. The second-order valence-corrected chi connectivity index (χ2v) is 6.81. The third kappa shape index (κ3) is 4.94. The summed E-state index contributed by atoms with van der Waals surface area (Å²) in [6.07, 6.45) is 3.37. The Bertz CT molecular complexity index is 728. The van der Waals surface area contributed by atoms with Crippen molar-refractivity contribution in [2.45, 2.75) is 32.6 Å². The third-order valence-electron chi connectivity index (χ3n) is 4.78. The summed E-state index contributed by atoms with van der Waals surface area (Å²) in [5.74, 6) is 0.606. The molecular formula is C20H26N4O2.